The Labute approximate surface area is 123 Å². The molecule has 2 aromatic rings. The highest BCUT2D eigenvalue weighted by Gasteiger charge is 2.15. The van der Waals surface area contributed by atoms with Crippen molar-refractivity contribution in [3.63, 3.8) is 0 Å². The first kappa shape index (κ1) is 14.3. The monoisotopic (exact) mass is 318 g/mol. The molecule has 0 radical (unpaired) electrons. The molecule has 0 spiro atoms. The van der Waals surface area contributed by atoms with Gasteiger partial charge in [-0.25, -0.2) is 0 Å². The Hall–Kier alpha value is -1.12. The lowest BCUT2D eigenvalue weighted by molar-refractivity contribution is 0.0709. The molecule has 0 heterocycles. The predicted molar refractivity (Wildman–Crippen MR) is 83.3 cm³/mol. The largest absolute Gasteiger partial charge is 0.362 e. The van der Waals surface area contributed by atoms with Crippen molar-refractivity contribution in [2.24, 2.45) is 5.92 Å². The molecule has 2 rings (SSSR count). The lowest BCUT2D eigenvalue weighted by atomic mass is 10.0. The van der Waals surface area contributed by atoms with Crippen LogP contribution in [0.3, 0.4) is 0 Å². The van der Waals surface area contributed by atoms with Crippen molar-refractivity contribution in [1.29, 1.82) is 0 Å². The predicted octanol–water partition coefficient (Wildman–Crippen LogP) is 4.80. The van der Waals surface area contributed by atoms with Crippen LogP contribution in [0.4, 0.5) is 0 Å². The molecular weight excluding hydrogens is 300 g/mol. The Morgan fingerprint density at radius 1 is 0.895 bits per heavy atom. The molecule has 0 aromatic heterocycles. The van der Waals surface area contributed by atoms with Gasteiger partial charge in [0.05, 0.1) is 6.61 Å². The van der Waals surface area contributed by atoms with Crippen molar-refractivity contribution < 1.29 is 4.74 Å². The molecule has 2 atom stereocenters. The molecule has 1 nitrogen and oxygen atoms in total. The van der Waals surface area contributed by atoms with Crippen LogP contribution in [0.5, 0.6) is 0 Å². The molecule has 19 heavy (non-hydrogen) atoms. The molecule has 0 saturated carbocycles. The van der Waals surface area contributed by atoms with Gasteiger partial charge in [0.25, 0.3) is 0 Å². The summed E-state index contributed by atoms with van der Waals surface area (Å²) in [5.74, 6) is 0.436. The summed E-state index contributed by atoms with van der Waals surface area (Å²) in [7, 11) is 0. The molecule has 0 aliphatic carbocycles. The van der Waals surface area contributed by atoms with Gasteiger partial charge < -0.3 is 4.74 Å². The van der Waals surface area contributed by atoms with Crippen molar-refractivity contribution >= 4 is 15.9 Å². The first-order chi connectivity index (χ1) is 9.25. The number of benzene rings is 2. The number of hydrogen-bond acceptors (Lipinski definition) is 1. The molecule has 0 N–H and O–H groups in total. The number of alkyl halides is 1. The Morgan fingerprint density at radius 3 is 2.00 bits per heavy atom. The van der Waals surface area contributed by atoms with Gasteiger partial charge in [-0.15, -0.1) is 0 Å². The molecule has 2 unspecified atom stereocenters. The minimum absolute atomic E-state index is 0.0768. The third-order valence-corrected chi connectivity index (χ3v) is 4.27. The third kappa shape index (κ3) is 4.81. The molecule has 0 amide bonds. The van der Waals surface area contributed by atoms with E-state index < -0.39 is 0 Å². The number of rotatable bonds is 6. The fourth-order valence-corrected chi connectivity index (χ4v) is 2.31. The summed E-state index contributed by atoms with van der Waals surface area (Å²) < 4.78 is 5.88. The van der Waals surface area contributed by atoms with Gasteiger partial charge in [0.2, 0.25) is 0 Å². The summed E-state index contributed by atoms with van der Waals surface area (Å²) in [4.78, 5) is 0. The van der Waals surface area contributed by atoms with Gasteiger partial charge in [-0.05, 0) is 23.5 Å². The van der Waals surface area contributed by atoms with Gasteiger partial charge in [-0.3, -0.25) is 0 Å². The minimum Gasteiger partial charge on any atom is -0.362 e. The summed E-state index contributed by atoms with van der Waals surface area (Å²) in [5.41, 5.74) is 2.56. The highest BCUT2D eigenvalue weighted by molar-refractivity contribution is 9.09. The zero-order chi connectivity index (χ0) is 13.5. The maximum Gasteiger partial charge on any atom is 0.115 e. The normalized spacial score (nSPS) is 14.0. The van der Waals surface area contributed by atoms with Crippen LogP contribution in [0.1, 0.15) is 18.1 Å². The highest BCUT2D eigenvalue weighted by atomic mass is 79.9. The van der Waals surface area contributed by atoms with Crippen LogP contribution in [0.2, 0.25) is 0 Å². The number of halogens is 1. The van der Waals surface area contributed by atoms with Crippen LogP contribution >= 0.6 is 15.9 Å². The fourth-order valence-electron chi connectivity index (χ4n) is 1.99. The van der Waals surface area contributed by atoms with E-state index >= 15 is 0 Å². The van der Waals surface area contributed by atoms with Crippen molar-refractivity contribution in [2.75, 3.05) is 0 Å². The van der Waals surface area contributed by atoms with Gasteiger partial charge in [0.15, 0.2) is 0 Å². The van der Waals surface area contributed by atoms with Crippen molar-refractivity contribution in [3.05, 3.63) is 71.8 Å². The van der Waals surface area contributed by atoms with E-state index in [-0.39, 0.29) is 5.01 Å². The third-order valence-electron chi connectivity index (χ3n) is 3.10. The molecule has 0 aliphatic rings. The molecule has 100 valence electrons. The van der Waals surface area contributed by atoms with Crippen LogP contribution < -0.4 is 0 Å². The molecule has 0 fully saturated rings. The Morgan fingerprint density at radius 2 is 1.42 bits per heavy atom. The van der Waals surface area contributed by atoms with E-state index in [0.717, 1.165) is 6.42 Å². The molecule has 0 saturated heterocycles. The average molecular weight is 319 g/mol. The standard InChI is InChI=1S/C17H19BrO/c1-14(12-15-8-4-2-5-9-15)17(18)19-13-16-10-6-3-7-11-16/h2-11,14,17H,12-13H2,1H3. The van der Waals surface area contributed by atoms with E-state index in [1.165, 1.54) is 11.1 Å². The molecule has 0 bridgehead atoms. The second-order valence-electron chi connectivity index (χ2n) is 4.81. The van der Waals surface area contributed by atoms with E-state index in [1.54, 1.807) is 0 Å². The highest BCUT2D eigenvalue weighted by Crippen LogP contribution is 2.20. The van der Waals surface area contributed by atoms with Crippen LogP contribution in [0.15, 0.2) is 60.7 Å². The van der Waals surface area contributed by atoms with Crippen molar-refractivity contribution in [1.82, 2.24) is 0 Å². The van der Waals surface area contributed by atoms with Gasteiger partial charge in [-0.1, -0.05) is 83.5 Å². The second kappa shape index (κ2) is 7.46. The molecular formula is C17H19BrO. The Kier molecular flexibility index (Phi) is 5.62. The summed E-state index contributed by atoms with van der Waals surface area (Å²) >= 11 is 3.64. The second-order valence-corrected chi connectivity index (χ2v) is 5.72. The first-order valence-electron chi connectivity index (χ1n) is 6.59. The van der Waals surface area contributed by atoms with Crippen LogP contribution in [0, 0.1) is 5.92 Å². The van der Waals surface area contributed by atoms with Gasteiger partial charge in [0.1, 0.15) is 5.01 Å². The zero-order valence-corrected chi connectivity index (χ0v) is 12.7. The van der Waals surface area contributed by atoms with Crippen molar-refractivity contribution in [3.8, 4) is 0 Å². The zero-order valence-electron chi connectivity index (χ0n) is 11.1. The lowest BCUT2D eigenvalue weighted by Crippen LogP contribution is -2.17. The Bertz CT molecular complexity index is 469. The van der Waals surface area contributed by atoms with Gasteiger partial charge in [0, 0.05) is 0 Å². The van der Waals surface area contributed by atoms with Crippen molar-refractivity contribution in [2.45, 2.75) is 25.0 Å². The first-order valence-corrected chi connectivity index (χ1v) is 7.51. The van der Waals surface area contributed by atoms with Gasteiger partial charge >= 0.3 is 0 Å². The molecule has 0 aliphatic heterocycles. The van der Waals surface area contributed by atoms with E-state index in [2.05, 4.69) is 59.3 Å². The van der Waals surface area contributed by atoms with E-state index in [4.69, 9.17) is 4.74 Å². The minimum atomic E-state index is 0.0768. The van der Waals surface area contributed by atoms with Crippen LogP contribution in [0.25, 0.3) is 0 Å². The quantitative estimate of drug-likeness (QED) is 0.695. The lowest BCUT2D eigenvalue weighted by Gasteiger charge is -2.19. The number of ether oxygens (including phenoxy) is 1. The average Bonchev–Trinajstić information content (AvgIpc) is 2.47. The molecule has 2 aromatic carbocycles. The maximum absolute atomic E-state index is 5.88. The Balaban J connectivity index is 1.81. The van der Waals surface area contributed by atoms with Crippen LogP contribution in [-0.4, -0.2) is 5.01 Å². The smallest absolute Gasteiger partial charge is 0.115 e. The molecule has 2 heteroatoms. The number of hydrogen-bond donors (Lipinski definition) is 0. The fraction of sp³-hybridized carbons (Fsp3) is 0.294. The summed E-state index contributed by atoms with van der Waals surface area (Å²) in [6.07, 6.45) is 1.02. The van der Waals surface area contributed by atoms with E-state index in [0.29, 0.717) is 12.5 Å². The van der Waals surface area contributed by atoms with Crippen LogP contribution in [-0.2, 0) is 17.8 Å². The topological polar surface area (TPSA) is 9.23 Å². The SMILES string of the molecule is CC(Cc1ccccc1)C(Br)OCc1ccccc1. The summed E-state index contributed by atoms with van der Waals surface area (Å²) in [6, 6.07) is 20.8. The summed E-state index contributed by atoms with van der Waals surface area (Å²) in [6.45, 7) is 2.85. The van der Waals surface area contributed by atoms with E-state index in [1.807, 2.05) is 24.3 Å². The van der Waals surface area contributed by atoms with E-state index in [9.17, 15) is 0 Å². The van der Waals surface area contributed by atoms with Gasteiger partial charge in [-0.2, -0.15) is 0 Å². The summed E-state index contributed by atoms with van der Waals surface area (Å²) in [5, 5.41) is 0.0768. The maximum atomic E-state index is 5.88.